The summed E-state index contributed by atoms with van der Waals surface area (Å²) >= 11 is 0. The highest BCUT2D eigenvalue weighted by atomic mass is 19.1. The third-order valence-electron chi connectivity index (χ3n) is 3.90. The fourth-order valence-electron chi connectivity index (χ4n) is 2.26. The van der Waals surface area contributed by atoms with Crippen molar-refractivity contribution in [3.8, 4) is 0 Å². The van der Waals surface area contributed by atoms with Crippen LogP contribution in [0.3, 0.4) is 0 Å². The average Bonchev–Trinajstić information content (AvgIpc) is 2.42. The lowest BCUT2D eigenvalue weighted by Gasteiger charge is -2.32. The standard InChI is InChI=1S/C17H19F2N/c1-17(2,13-6-4-3-5-7-13)16(20)10-12-8-9-14(18)11-15(12)19/h3-9,11,16H,10,20H2,1-2H3. The second-order valence-corrected chi connectivity index (χ2v) is 5.63. The second-order valence-electron chi connectivity index (χ2n) is 5.63. The normalized spacial score (nSPS) is 13.2. The van der Waals surface area contributed by atoms with Gasteiger partial charge in [-0.15, -0.1) is 0 Å². The summed E-state index contributed by atoms with van der Waals surface area (Å²) in [4.78, 5) is 0. The molecule has 0 aromatic heterocycles. The van der Waals surface area contributed by atoms with Crippen molar-refractivity contribution in [1.29, 1.82) is 0 Å². The smallest absolute Gasteiger partial charge is 0.129 e. The molecule has 2 rings (SSSR count). The number of hydrogen-bond donors (Lipinski definition) is 1. The van der Waals surface area contributed by atoms with Gasteiger partial charge < -0.3 is 5.73 Å². The minimum absolute atomic E-state index is 0.259. The van der Waals surface area contributed by atoms with E-state index in [2.05, 4.69) is 0 Å². The predicted molar refractivity (Wildman–Crippen MR) is 77.5 cm³/mol. The third kappa shape index (κ3) is 3.05. The lowest BCUT2D eigenvalue weighted by atomic mass is 9.76. The fourth-order valence-corrected chi connectivity index (χ4v) is 2.26. The molecular weight excluding hydrogens is 256 g/mol. The summed E-state index contributed by atoms with van der Waals surface area (Å²) in [6.45, 7) is 4.07. The van der Waals surface area contributed by atoms with Gasteiger partial charge in [0.15, 0.2) is 0 Å². The minimum Gasteiger partial charge on any atom is -0.327 e. The molecule has 0 amide bonds. The first-order valence-electron chi connectivity index (χ1n) is 6.66. The van der Waals surface area contributed by atoms with Crippen LogP contribution in [0.5, 0.6) is 0 Å². The summed E-state index contributed by atoms with van der Waals surface area (Å²) in [5.74, 6) is -1.11. The van der Waals surface area contributed by atoms with E-state index in [0.29, 0.717) is 12.0 Å². The van der Waals surface area contributed by atoms with Crippen LogP contribution in [0.4, 0.5) is 8.78 Å². The molecule has 0 spiro atoms. The molecule has 0 aliphatic rings. The molecule has 0 aliphatic heterocycles. The molecule has 0 saturated carbocycles. The molecule has 2 N–H and O–H groups in total. The highest BCUT2D eigenvalue weighted by Crippen LogP contribution is 2.28. The molecule has 2 aromatic rings. The molecule has 0 aliphatic carbocycles. The van der Waals surface area contributed by atoms with Crippen molar-refractivity contribution in [2.45, 2.75) is 31.7 Å². The Balaban J connectivity index is 2.21. The topological polar surface area (TPSA) is 26.0 Å². The third-order valence-corrected chi connectivity index (χ3v) is 3.90. The largest absolute Gasteiger partial charge is 0.327 e. The van der Waals surface area contributed by atoms with Gasteiger partial charge in [0.1, 0.15) is 11.6 Å². The molecule has 0 saturated heterocycles. The van der Waals surface area contributed by atoms with Crippen LogP contribution >= 0.6 is 0 Å². The van der Waals surface area contributed by atoms with Gasteiger partial charge in [-0.25, -0.2) is 8.78 Å². The van der Waals surface area contributed by atoms with Crippen molar-refractivity contribution in [3.63, 3.8) is 0 Å². The average molecular weight is 275 g/mol. The lowest BCUT2D eigenvalue weighted by molar-refractivity contribution is 0.401. The van der Waals surface area contributed by atoms with E-state index in [-0.39, 0.29) is 11.5 Å². The number of halogens is 2. The highest BCUT2D eigenvalue weighted by Gasteiger charge is 2.29. The van der Waals surface area contributed by atoms with Crippen molar-refractivity contribution in [3.05, 3.63) is 71.3 Å². The maximum Gasteiger partial charge on any atom is 0.129 e. The Morgan fingerprint density at radius 1 is 1.05 bits per heavy atom. The minimum atomic E-state index is -0.567. The van der Waals surface area contributed by atoms with Crippen LogP contribution in [0, 0.1) is 11.6 Å². The Kier molecular flexibility index (Phi) is 4.19. The molecule has 1 atom stereocenters. The van der Waals surface area contributed by atoms with Gasteiger partial charge in [-0.3, -0.25) is 0 Å². The van der Waals surface area contributed by atoms with E-state index >= 15 is 0 Å². The molecule has 3 heteroatoms. The zero-order valence-corrected chi connectivity index (χ0v) is 11.7. The van der Waals surface area contributed by atoms with E-state index in [1.807, 2.05) is 44.2 Å². The summed E-state index contributed by atoms with van der Waals surface area (Å²) in [6, 6.07) is 13.3. The summed E-state index contributed by atoms with van der Waals surface area (Å²) in [5, 5.41) is 0. The zero-order chi connectivity index (χ0) is 14.8. The van der Waals surface area contributed by atoms with Gasteiger partial charge in [-0.1, -0.05) is 50.2 Å². The maximum absolute atomic E-state index is 13.7. The van der Waals surface area contributed by atoms with Crippen LogP contribution in [-0.2, 0) is 11.8 Å². The predicted octanol–water partition coefficient (Wildman–Crippen LogP) is 3.81. The zero-order valence-electron chi connectivity index (χ0n) is 11.7. The van der Waals surface area contributed by atoms with Gasteiger partial charge in [0.2, 0.25) is 0 Å². The molecule has 0 radical (unpaired) electrons. The van der Waals surface area contributed by atoms with Gasteiger partial charge in [0.25, 0.3) is 0 Å². The van der Waals surface area contributed by atoms with Crippen molar-refractivity contribution >= 4 is 0 Å². The number of benzene rings is 2. The summed E-state index contributed by atoms with van der Waals surface area (Å²) < 4.78 is 26.6. The number of hydrogen-bond acceptors (Lipinski definition) is 1. The Morgan fingerprint density at radius 3 is 2.30 bits per heavy atom. The monoisotopic (exact) mass is 275 g/mol. The van der Waals surface area contributed by atoms with Crippen LogP contribution < -0.4 is 5.73 Å². The van der Waals surface area contributed by atoms with Crippen LogP contribution in [0.15, 0.2) is 48.5 Å². The Bertz CT molecular complexity index is 579. The number of rotatable bonds is 4. The molecule has 20 heavy (non-hydrogen) atoms. The molecule has 0 bridgehead atoms. The van der Waals surface area contributed by atoms with E-state index in [1.54, 1.807) is 0 Å². The molecule has 1 unspecified atom stereocenters. The van der Waals surface area contributed by atoms with Crippen LogP contribution in [-0.4, -0.2) is 6.04 Å². The second kappa shape index (κ2) is 5.71. The van der Waals surface area contributed by atoms with E-state index in [4.69, 9.17) is 5.73 Å². The highest BCUT2D eigenvalue weighted by molar-refractivity contribution is 5.28. The molecule has 0 heterocycles. The number of nitrogens with two attached hydrogens (primary N) is 1. The van der Waals surface area contributed by atoms with Crippen molar-refractivity contribution < 1.29 is 8.78 Å². The van der Waals surface area contributed by atoms with E-state index in [1.165, 1.54) is 12.1 Å². The maximum atomic E-state index is 13.7. The Labute approximate surface area is 118 Å². The molecule has 2 aromatic carbocycles. The molecule has 1 nitrogen and oxygen atoms in total. The van der Waals surface area contributed by atoms with Gasteiger partial charge in [-0.2, -0.15) is 0 Å². The fraction of sp³-hybridized carbons (Fsp3) is 0.294. The van der Waals surface area contributed by atoms with Gasteiger partial charge in [-0.05, 0) is 23.6 Å². The van der Waals surface area contributed by atoms with Crippen molar-refractivity contribution in [2.24, 2.45) is 5.73 Å². The lowest BCUT2D eigenvalue weighted by Crippen LogP contribution is -2.42. The van der Waals surface area contributed by atoms with E-state index in [0.717, 1.165) is 11.6 Å². The molecule has 0 fully saturated rings. The SMILES string of the molecule is CC(C)(c1ccccc1)C(N)Cc1ccc(F)cc1F. The van der Waals surface area contributed by atoms with Crippen molar-refractivity contribution in [1.82, 2.24) is 0 Å². The Morgan fingerprint density at radius 2 is 1.70 bits per heavy atom. The van der Waals surface area contributed by atoms with Crippen LogP contribution in [0.25, 0.3) is 0 Å². The summed E-state index contributed by atoms with van der Waals surface area (Å²) in [6.07, 6.45) is 0.369. The summed E-state index contributed by atoms with van der Waals surface area (Å²) in [7, 11) is 0. The van der Waals surface area contributed by atoms with Gasteiger partial charge in [0.05, 0.1) is 0 Å². The molecule has 106 valence electrons. The van der Waals surface area contributed by atoms with Crippen LogP contribution in [0.2, 0.25) is 0 Å². The van der Waals surface area contributed by atoms with E-state index in [9.17, 15) is 8.78 Å². The van der Waals surface area contributed by atoms with Crippen molar-refractivity contribution in [2.75, 3.05) is 0 Å². The van der Waals surface area contributed by atoms with Gasteiger partial charge in [0, 0.05) is 17.5 Å². The quantitative estimate of drug-likeness (QED) is 0.902. The van der Waals surface area contributed by atoms with Crippen LogP contribution in [0.1, 0.15) is 25.0 Å². The summed E-state index contributed by atoms with van der Waals surface area (Å²) in [5.41, 5.74) is 7.53. The first kappa shape index (κ1) is 14.7. The van der Waals surface area contributed by atoms with Gasteiger partial charge >= 0.3 is 0 Å². The molecular formula is C17H19F2N. The Hall–Kier alpha value is -1.74. The first-order valence-corrected chi connectivity index (χ1v) is 6.66. The van der Waals surface area contributed by atoms with E-state index < -0.39 is 11.6 Å². The first-order chi connectivity index (χ1) is 9.41.